The Morgan fingerprint density at radius 2 is 2.05 bits per heavy atom. The molecule has 0 aliphatic carbocycles. The fraction of sp³-hybridized carbons (Fsp3) is 0.154. The summed E-state index contributed by atoms with van der Waals surface area (Å²) in [4.78, 5) is 10.6. The van der Waals surface area contributed by atoms with Crippen LogP contribution in [0.25, 0.3) is 0 Å². The Bertz CT molecular complexity index is 721. The third-order valence-corrected chi connectivity index (χ3v) is 5.21. The first-order valence-corrected chi connectivity index (χ1v) is 8.26. The van der Waals surface area contributed by atoms with Gasteiger partial charge in [0.25, 0.3) is 0 Å². The van der Waals surface area contributed by atoms with Gasteiger partial charge < -0.3 is 5.11 Å². The molecular formula is C13H11FO4S2. The SMILES string of the molecule is O=C(O)c1cc(S(=O)(=O)CCc2ccsc2)ccc1F. The van der Waals surface area contributed by atoms with E-state index in [-0.39, 0.29) is 10.6 Å². The summed E-state index contributed by atoms with van der Waals surface area (Å²) in [5.41, 5.74) is 0.265. The predicted molar refractivity (Wildman–Crippen MR) is 73.4 cm³/mol. The largest absolute Gasteiger partial charge is 0.478 e. The van der Waals surface area contributed by atoms with Gasteiger partial charge in [0, 0.05) is 0 Å². The van der Waals surface area contributed by atoms with Gasteiger partial charge in [-0.3, -0.25) is 0 Å². The van der Waals surface area contributed by atoms with Gasteiger partial charge in [-0.05, 0) is 47.0 Å². The third-order valence-electron chi connectivity index (χ3n) is 2.77. The Balaban J connectivity index is 2.25. The van der Waals surface area contributed by atoms with E-state index in [9.17, 15) is 17.6 Å². The van der Waals surface area contributed by atoms with Gasteiger partial charge >= 0.3 is 5.97 Å². The first kappa shape index (κ1) is 14.7. The summed E-state index contributed by atoms with van der Waals surface area (Å²) in [6.45, 7) is 0. The highest BCUT2D eigenvalue weighted by Gasteiger charge is 2.19. The number of hydrogen-bond acceptors (Lipinski definition) is 4. The zero-order chi connectivity index (χ0) is 14.8. The fourth-order valence-corrected chi connectivity index (χ4v) is 3.68. The van der Waals surface area contributed by atoms with Crippen molar-refractivity contribution in [2.24, 2.45) is 0 Å². The molecule has 20 heavy (non-hydrogen) atoms. The molecule has 0 radical (unpaired) electrons. The summed E-state index contributed by atoms with van der Waals surface area (Å²) in [6, 6.07) is 4.64. The molecule has 0 saturated heterocycles. The predicted octanol–water partition coefficient (Wildman–Crippen LogP) is 2.60. The molecule has 1 N–H and O–H groups in total. The van der Waals surface area contributed by atoms with E-state index in [0.29, 0.717) is 6.42 Å². The standard InChI is InChI=1S/C13H11FO4S2/c14-12-2-1-10(7-11(12)13(15)16)20(17,18)6-4-9-3-5-19-8-9/h1-3,5,7-8H,4,6H2,(H,15,16). The molecule has 0 saturated carbocycles. The van der Waals surface area contributed by atoms with Crippen LogP contribution in [0, 0.1) is 5.82 Å². The minimum atomic E-state index is -3.63. The molecule has 1 heterocycles. The first-order chi connectivity index (χ1) is 9.40. The molecule has 0 fully saturated rings. The zero-order valence-corrected chi connectivity index (χ0v) is 11.9. The number of carboxylic acid groups (broad SMARTS) is 1. The van der Waals surface area contributed by atoms with Crippen molar-refractivity contribution in [3.05, 3.63) is 52.0 Å². The van der Waals surface area contributed by atoms with Gasteiger partial charge in [-0.1, -0.05) is 0 Å². The number of benzene rings is 1. The number of aryl methyl sites for hydroxylation is 1. The normalized spacial score (nSPS) is 11.4. The summed E-state index contributed by atoms with van der Waals surface area (Å²) in [6.07, 6.45) is 0.339. The first-order valence-electron chi connectivity index (χ1n) is 5.67. The minimum absolute atomic E-state index is 0.144. The third kappa shape index (κ3) is 3.23. The maximum Gasteiger partial charge on any atom is 0.338 e. The van der Waals surface area contributed by atoms with Crippen molar-refractivity contribution < 1.29 is 22.7 Å². The highest BCUT2D eigenvalue weighted by atomic mass is 32.2. The summed E-state index contributed by atoms with van der Waals surface area (Å²) in [5.74, 6) is -2.58. The van der Waals surface area contributed by atoms with Crippen molar-refractivity contribution in [3.63, 3.8) is 0 Å². The molecule has 1 aromatic carbocycles. The van der Waals surface area contributed by atoms with E-state index in [0.717, 1.165) is 23.8 Å². The summed E-state index contributed by atoms with van der Waals surface area (Å²) in [5, 5.41) is 12.5. The van der Waals surface area contributed by atoms with Crippen molar-refractivity contribution in [1.82, 2.24) is 0 Å². The van der Waals surface area contributed by atoms with Crippen LogP contribution in [0.1, 0.15) is 15.9 Å². The summed E-state index contributed by atoms with van der Waals surface area (Å²) in [7, 11) is -3.63. The van der Waals surface area contributed by atoms with Crippen LogP contribution >= 0.6 is 11.3 Å². The van der Waals surface area contributed by atoms with Gasteiger partial charge in [0.2, 0.25) is 0 Å². The second-order valence-electron chi connectivity index (χ2n) is 4.15. The molecule has 0 aliphatic heterocycles. The second kappa shape index (κ2) is 5.72. The van der Waals surface area contributed by atoms with Crippen molar-refractivity contribution in [1.29, 1.82) is 0 Å². The highest BCUT2D eigenvalue weighted by molar-refractivity contribution is 7.91. The molecule has 2 aromatic rings. The van der Waals surface area contributed by atoms with Crippen LogP contribution in [0.3, 0.4) is 0 Å². The fourth-order valence-electron chi connectivity index (χ4n) is 1.67. The molecule has 0 unspecified atom stereocenters. The number of rotatable bonds is 5. The second-order valence-corrected chi connectivity index (χ2v) is 7.04. The number of aromatic carboxylic acids is 1. The van der Waals surface area contributed by atoms with E-state index in [1.807, 2.05) is 16.8 Å². The van der Waals surface area contributed by atoms with Crippen LogP contribution in [0.4, 0.5) is 4.39 Å². The molecular weight excluding hydrogens is 303 g/mol. The maximum atomic E-state index is 13.2. The lowest BCUT2D eigenvalue weighted by Gasteiger charge is -2.05. The zero-order valence-electron chi connectivity index (χ0n) is 10.2. The number of carboxylic acids is 1. The van der Waals surface area contributed by atoms with E-state index in [4.69, 9.17) is 5.11 Å². The van der Waals surface area contributed by atoms with Crippen LogP contribution in [-0.4, -0.2) is 25.2 Å². The molecule has 106 valence electrons. The molecule has 0 bridgehead atoms. The Morgan fingerprint density at radius 1 is 1.30 bits per heavy atom. The van der Waals surface area contributed by atoms with E-state index >= 15 is 0 Å². The van der Waals surface area contributed by atoms with Crippen LogP contribution < -0.4 is 0 Å². The number of sulfone groups is 1. The van der Waals surface area contributed by atoms with E-state index in [1.54, 1.807) is 0 Å². The minimum Gasteiger partial charge on any atom is -0.478 e. The highest BCUT2D eigenvalue weighted by Crippen LogP contribution is 2.18. The molecule has 0 aliphatic rings. The molecule has 0 amide bonds. The number of halogens is 1. The Morgan fingerprint density at radius 3 is 2.65 bits per heavy atom. The monoisotopic (exact) mass is 314 g/mol. The Labute approximate surface area is 119 Å². The number of carbonyl (C=O) groups is 1. The van der Waals surface area contributed by atoms with Crippen molar-refractivity contribution in [3.8, 4) is 0 Å². The number of hydrogen-bond donors (Lipinski definition) is 1. The van der Waals surface area contributed by atoms with Gasteiger partial charge in [-0.15, -0.1) is 0 Å². The van der Waals surface area contributed by atoms with Gasteiger partial charge in [0.1, 0.15) is 5.82 Å². The summed E-state index contributed by atoms with van der Waals surface area (Å²) >= 11 is 1.47. The van der Waals surface area contributed by atoms with Gasteiger partial charge in [-0.2, -0.15) is 11.3 Å². The van der Waals surface area contributed by atoms with E-state index < -0.39 is 27.2 Å². The van der Waals surface area contributed by atoms with E-state index in [2.05, 4.69) is 0 Å². The van der Waals surface area contributed by atoms with Gasteiger partial charge in [0.05, 0.1) is 16.2 Å². The molecule has 0 spiro atoms. The van der Waals surface area contributed by atoms with Crippen LogP contribution in [0.5, 0.6) is 0 Å². The molecule has 1 aromatic heterocycles. The average Bonchev–Trinajstić information content (AvgIpc) is 2.89. The van der Waals surface area contributed by atoms with Crippen LogP contribution in [0.15, 0.2) is 39.9 Å². The van der Waals surface area contributed by atoms with Crippen LogP contribution in [-0.2, 0) is 16.3 Å². The lowest BCUT2D eigenvalue weighted by atomic mass is 10.2. The lowest BCUT2D eigenvalue weighted by molar-refractivity contribution is 0.0691. The maximum absolute atomic E-state index is 13.2. The molecule has 7 heteroatoms. The smallest absolute Gasteiger partial charge is 0.338 e. The Kier molecular flexibility index (Phi) is 4.20. The van der Waals surface area contributed by atoms with Gasteiger partial charge in [-0.25, -0.2) is 17.6 Å². The van der Waals surface area contributed by atoms with Crippen LogP contribution in [0.2, 0.25) is 0 Å². The van der Waals surface area contributed by atoms with Crippen molar-refractivity contribution >= 4 is 27.1 Å². The quantitative estimate of drug-likeness (QED) is 0.861. The molecule has 4 nitrogen and oxygen atoms in total. The average molecular weight is 314 g/mol. The molecule has 0 atom stereocenters. The topological polar surface area (TPSA) is 71.4 Å². The van der Waals surface area contributed by atoms with Gasteiger partial charge in [0.15, 0.2) is 9.84 Å². The van der Waals surface area contributed by atoms with Crippen molar-refractivity contribution in [2.45, 2.75) is 11.3 Å². The van der Waals surface area contributed by atoms with Crippen molar-refractivity contribution in [2.75, 3.05) is 5.75 Å². The van der Waals surface area contributed by atoms with E-state index in [1.165, 1.54) is 11.3 Å². The molecule has 2 rings (SSSR count). The number of thiophene rings is 1. The lowest BCUT2D eigenvalue weighted by Crippen LogP contribution is -2.11. The Hall–Kier alpha value is -1.73. The summed E-state index contributed by atoms with van der Waals surface area (Å²) < 4.78 is 37.4.